The smallest absolute Gasteiger partial charge is 0.282 e. The maximum Gasteiger partial charge on any atom is 0.282 e. The summed E-state index contributed by atoms with van der Waals surface area (Å²) >= 11 is 0. The van der Waals surface area contributed by atoms with Gasteiger partial charge in [0.15, 0.2) is 0 Å². The zero-order chi connectivity index (χ0) is 20.7. The molecule has 2 atom stereocenters. The van der Waals surface area contributed by atoms with Crippen LogP contribution in [0.1, 0.15) is 15.9 Å². The van der Waals surface area contributed by atoms with E-state index >= 15 is 0 Å². The monoisotopic (exact) mass is 359 g/mol. The fourth-order valence-corrected chi connectivity index (χ4v) is 3.26. The number of nitrogens with two attached hydrogens (primary N) is 1. The largest absolute Gasteiger partial charge is 0.398 e. The second-order valence-electron chi connectivity index (χ2n) is 6.47. The van der Waals surface area contributed by atoms with Crippen molar-refractivity contribution in [2.45, 2.75) is 21.8 Å². The van der Waals surface area contributed by atoms with Crippen LogP contribution in [0.4, 0.5) is 10.1 Å². The van der Waals surface area contributed by atoms with Crippen molar-refractivity contribution in [3.8, 4) is 0 Å². The number of benzene rings is 1. The van der Waals surface area contributed by atoms with Crippen molar-refractivity contribution in [2.75, 3.05) is 5.73 Å². The second-order valence-corrected chi connectivity index (χ2v) is 6.47. The van der Waals surface area contributed by atoms with Crippen LogP contribution in [0.15, 0.2) is 12.1 Å². The molecule has 1 saturated heterocycles. The lowest BCUT2D eigenvalue weighted by atomic mass is 9.36. The molecule has 2 aliphatic heterocycles. The summed E-state index contributed by atoms with van der Waals surface area (Å²) in [5, 5.41) is 17.6. The van der Waals surface area contributed by atoms with Crippen LogP contribution in [-0.4, -0.2) is 83.3 Å². The Balaban J connectivity index is 2.30. The first-order valence-corrected chi connectivity index (χ1v) is 7.31. The molecule has 2 aliphatic rings. The first-order chi connectivity index (χ1) is 12.1. The molecule has 0 spiro atoms. The SMILES string of the molecule is [B]C1([B])c2c(N)cc(F)cc2C(=O)N1[C@]1(O)C(=O)NC(=O)C([B])([B])C1([B])O. The summed E-state index contributed by atoms with van der Waals surface area (Å²) < 4.78 is 13.7. The molecule has 0 bridgehead atoms. The maximum absolute atomic E-state index is 13.7. The Morgan fingerprint density at radius 1 is 1.04 bits per heavy atom. The third-order valence-corrected chi connectivity index (χ3v) is 4.74. The highest BCUT2D eigenvalue weighted by Gasteiger charge is 2.71. The molecule has 5 N–H and O–H groups in total. The van der Waals surface area contributed by atoms with Gasteiger partial charge in [-0.3, -0.25) is 19.7 Å². The summed E-state index contributed by atoms with van der Waals surface area (Å²) in [7, 11) is 28.3. The highest BCUT2D eigenvalue weighted by Crippen LogP contribution is 2.50. The molecule has 14 heteroatoms. The van der Waals surface area contributed by atoms with Crippen LogP contribution in [0.25, 0.3) is 0 Å². The van der Waals surface area contributed by atoms with E-state index in [9.17, 15) is 29.0 Å². The number of nitrogens with one attached hydrogen (secondary N) is 1. The summed E-state index contributed by atoms with van der Waals surface area (Å²) in [6, 6.07) is 1.49. The van der Waals surface area contributed by atoms with Gasteiger partial charge in [-0.1, -0.05) is 0 Å². The molecule has 2 heterocycles. The van der Waals surface area contributed by atoms with Gasteiger partial charge >= 0.3 is 0 Å². The van der Waals surface area contributed by atoms with Crippen LogP contribution in [0.5, 0.6) is 0 Å². The van der Waals surface area contributed by atoms with E-state index in [4.69, 9.17) is 45.0 Å². The molecule has 3 amide bonds. The number of carbonyl (C=O) groups excluding carboxylic acids is 3. The van der Waals surface area contributed by atoms with Crippen LogP contribution in [-0.2, 0) is 14.9 Å². The van der Waals surface area contributed by atoms with Gasteiger partial charge in [0.1, 0.15) is 13.7 Å². The Bertz CT molecular complexity index is 924. The lowest BCUT2D eigenvalue weighted by Gasteiger charge is -2.58. The normalized spacial score (nSPS) is 31.5. The van der Waals surface area contributed by atoms with E-state index < -0.39 is 50.9 Å². The van der Waals surface area contributed by atoms with Crippen LogP contribution >= 0.6 is 0 Å². The van der Waals surface area contributed by atoms with Gasteiger partial charge in [0.2, 0.25) is 11.6 Å². The standard InChI is InChI=1S/C13H7B5FN3O5/c14-10(15)8(24)21-9(25)11(26,13(10,18)27)22-7(23)4-1-3(19)2-5(20)6(4)12(22,16)17/h1-2,26-27H,20H2,(H,21,24,25)/t11-,13?/m0/s1. The van der Waals surface area contributed by atoms with E-state index in [2.05, 4.69) is 0 Å². The average molecular weight is 358 g/mol. The number of rotatable bonds is 1. The number of aliphatic hydroxyl groups is 2. The number of fused-ring (bicyclic) bond motifs is 1. The van der Waals surface area contributed by atoms with Crippen molar-refractivity contribution < 1.29 is 29.0 Å². The molecular weight excluding hydrogens is 351 g/mol. The van der Waals surface area contributed by atoms with Crippen molar-refractivity contribution in [3.63, 3.8) is 0 Å². The van der Waals surface area contributed by atoms with Crippen molar-refractivity contribution in [1.29, 1.82) is 0 Å². The first kappa shape index (κ1) is 19.6. The number of hydrogen-bond donors (Lipinski definition) is 4. The van der Waals surface area contributed by atoms with E-state index in [1.54, 1.807) is 5.32 Å². The van der Waals surface area contributed by atoms with Crippen molar-refractivity contribution in [1.82, 2.24) is 10.2 Å². The molecule has 0 saturated carbocycles. The van der Waals surface area contributed by atoms with Crippen LogP contribution in [0.3, 0.4) is 0 Å². The highest BCUT2D eigenvalue weighted by atomic mass is 19.1. The minimum atomic E-state index is -3.53. The third-order valence-electron chi connectivity index (χ3n) is 4.74. The molecule has 1 aromatic carbocycles. The fraction of sp³-hybridized carbons (Fsp3) is 0.308. The predicted molar refractivity (Wildman–Crippen MR) is 93.2 cm³/mol. The van der Waals surface area contributed by atoms with Crippen LogP contribution in [0, 0.1) is 5.82 Å². The number of nitrogen functional groups attached to an aromatic ring is 1. The van der Waals surface area contributed by atoms with E-state index in [0.717, 1.165) is 6.07 Å². The minimum absolute atomic E-state index is 0.0384. The first-order valence-electron chi connectivity index (χ1n) is 7.31. The van der Waals surface area contributed by atoms with Gasteiger partial charge < -0.3 is 20.8 Å². The Labute approximate surface area is 159 Å². The Morgan fingerprint density at radius 2 is 1.59 bits per heavy atom. The summed E-state index contributed by atoms with van der Waals surface area (Å²) in [4.78, 5) is 37.1. The number of anilines is 1. The van der Waals surface area contributed by atoms with Gasteiger partial charge in [0.05, 0.1) is 36.9 Å². The number of carbonyl (C=O) groups is 3. The minimum Gasteiger partial charge on any atom is -0.398 e. The summed E-state index contributed by atoms with van der Waals surface area (Å²) in [6.45, 7) is 0. The quantitative estimate of drug-likeness (QED) is 0.230. The average Bonchev–Trinajstić information content (AvgIpc) is 2.71. The number of hydrogen-bond acceptors (Lipinski definition) is 6. The molecule has 126 valence electrons. The number of amides is 3. The zero-order valence-electron chi connectivity index (χ0n) is 13.6. The Hall–Kier alpha value is -2.20. The number of nitrogens with zero attached hydrogens (tertiary/aromatic N) is 1. The van der Waals surface area contributed by atoms with Gasteiger partial charge in [-0.25, -0.2) is 4.39 Å². The molecular formula is C13H7B5FN3O5. The molecule has 8 nitrogen and oxygen atoms in total. The van der Waals surface area contributed by atoms with Gasteiger partial charge in [0, 0.05) is 16.5 Å². The summed E-state index contributed by atoms with van der Waals surface area (Å²) in [5.41, 5.74) is -2.58. The van der Waals surface area contributed by atoms with Crippen LogP contribution in [0.2, 0.25) is 5.21 Å². The molecule has 27 heavy (non-hydrogen) atoms. The van der Waals surface area contributed by atoms with Gasteiger partial charge in [-0.05, 0) is 23.0 Å². The molecule has 1 aromatic rings. The molecule has 3 rings (SSSR count). The predicted octanol–water partition coefficient (Wildman–Crippen LogP) is -4.03. The third kappa shape index (κ3) is 2.08. The van der Waals surface area contributed by atoms with E-state index in [-0.39, 0.29) is 16.2 Å². The fourth-order valence-electron chi connectivity index (χ4n) is 3.26. The van der Waals surface area contributed by atoms with Crippen LogP contribution < -0.4 is 11.1 Å². The number of halogens is 1. The maximum atomic E-state index is 13.7. The number of piperidine rings is 1. The van der Waals surface area contributed by atoms with Crippen molar-refractivity contribution in [2.24, 2.45) is 0 Å². The topological polar surface area (TPSA) is 133 Å². The van der Waals surface area contributed by atoms with E-state index in [1.165, 1.54) is 0 Å². The molecule has 1 unspecified atom stereocenters. The summed E-state index contributed by atoms with van der Waals surface area (Å²) in [6.07, 6.45) is 0. The van der Waals surface area contributed by atoms with E-state index in [1.807, 2.05) is 0 Å². The zero-order valence-corrected chi connectivity index (χ0v) is 13.6. The van der Waals surface area contributed by atoms with Gasteiger partial charge in [-0.2, -0.15) is 0 Å². The highest BCUT2D eigenvalue weighted by molar-refractivity contribution is 6.57. The van der Waals surface area contributed by atoms with Crippen molar-refractivity contribution in [3.05, 3.63) is 29.1 Å². The molecule has 1 fully saturated rings. The van der Waals surface area contributed by atoms with E-state index in [0.29, 0.717) is 6.07 Å². The Morgan fingerprint density at radius 3 is 2.15 bits per heavy atom. The second kappa shape index (κ2) is 5.20. The molecule has 10 radical (unpaired) electrons. The Kier molecular flexibility index (Phi) is 3.77. The number of imide groups is 1. The molecule has 0 aliphatic carbocycles. The molecule has 0 aromatic heterocycles. The lowest BCUT2D eigenvalue weighted by Crippen LogP contribution is -2.83. The van der Waals surface area contributed by atoms with Crippen molar-refractivity contribution >= 4 is 62.6 Å². The summed E-state index contributed by atoms with van der Waals surface area (Å²) in [5.74, 6) is -5.41. The lowest BCUT2D eigenvalue weighted by molar-refractivity contribution is -0.210. The van der Waals surface area contributed by atoms with Gasteiger partial charge in [0.25, 0.3) is 11.8 Å². The van der Waals surface area contributed by atoms with Gasteiger partial charge in [-0.15, -0.1) is 0 Å².